The number of sulfone groups is 1. The topological polar surface area (TPSA) is 96.1 Å². The van der Waals surface area contributed by atoms with Gasteiger partial charge in [0.2, 0.25) is 5.91 Å². The van der Waals surface area contributed by atoms with Crippen molar-refractivity contribution in [1.29, 1.82) is 5.26 Å². The number of hydrogen-bond donors (Lipinski definition) is 0. The summed E-state index contributed by atoms with van der Waals surface area (Å²) in [7, 11) is -3.50. The van der Waals surface area contributed by atoms with Crippen LogP contribution < -0.4 is 0 Å². The van der Waals surface area contributed by atoms with Gasteiger partial charge < -0.3 is 4.90 Å². The van der Waals surface area contributed by atoms with E-state index in [1.165, 1.54) is 11.8 Å². The Balaban J connectivity index is 0.00000484. The highest BCUT2D eigenvalue weighted by Gasteiger charge is 2.36. The number of alkyl halides is 3. The predicted molar refractivity (Wildman–Crippen MR) is 152 cm³/mol. The number of nitrogens with zero attached hydrogens (tertiary/aromatic N) is 4. The third-order valence-corrected chi connectivity index (χ3v) is 9.08. The molecular formula is C29H31ClF4N4O3S. The lowest BCUT2D eigenvalue weighted by atomic mass is 10.1. The van der Waals surface area contributed by atoms with Crippen molar-refractivity contribution < 1.29 is 30.8 Å². The molecule has 0 spiro atoms. The van der Waals surface area contributed by atoms with Crippen molar-refractivity contribution in [2.24, 2.45) is 0 Å². The standard InChI is InChI=1S/C28H27ClF4N4O3S.CH4/c1-3-41(39,40)13-12-36(24(38)15-19-6-11-22(23(30)14-19)28(31,32)33)17(2)27-35-25(20-7-8-20)26(29)37(27)21-9-4-18(16-34)5-10-21;/h4-6,9-11,14,17,20H,3,7-8,12-13,15H2,1-2H3;1H4/t17-;/m1./s1. The molecule has 4 rings (SSSR count). The van der Waals surface area contributed by atoms with Crippen LogP contribution >= 0.6 is 11.6 Å². The maximum atomic E-state index is 14.2. The minimum absolute atomic E-state index is 0. The van der Waals surface area contributed by atoms with Crippen LogP contribution in [-0.4, -0.2) is 46.8 Å². The van der Waals surface area contributed by atoms with Crippen LogP contribution in [0.25, 0.3) is 5.69 Å². The third-order valence-electron chi connectivity index (χ3n) is 7.03. The summed E-state index contributed by atoms with van der Waals surface area (Å²) in [5.74, 6) is -2.16. The molecule has 0 saturated heterocycles. The Morgan fingerprint density at radius 1 is 1.21 bits per heavy atom. The van der Waals surface area contributed by atoms with Crippen molar-refractivity contribution in [2.45, 2.75) is 58.7 Å². The van der Waals surface area contributed by atoms with Crippen molar-refractivity contribution >= 4 is 27.3 Å². The number of nitriles is 1. The number of hydrogen-bond acceptors (Lipinski definition) is 5. The lowest BCUT2D eigenvalue weighted by molar-refractivity contribution is -0.140. The molecule has 1 fully saturated rings. The van der Waals surface area contributed by atoms with Crippen LogP contribution in [0.3, 0.4) is 0 Å². The van der Waals surface area contributed by atoms with E-state index in [0.717, 1.165) is 18.9 Å². The SMILES string of the molecule is C.CCS(=O)(=O)CCN(C(=O)Cc1ccc(C(F)(F)F)c(F)c1)[C@H](C)c1nc(C2CC2)c(Cl)n1-c1ccc(C#N)cc1. The summed E-state index contributed by atoms with van der Waals surface area (Å²) >= 11 is 6.77. The Kier molecular flexibility index (Phi) is 10.1. The van der Waals surface area contributed by atoms with Crippen molar-refractivity contribution in [1.82, 2.24) is 14.5 Å². The van der Waals surface area contributed by atoms with Gasteiger partial charge in [-0.25, -0.2) is 17.8 Å². The molecule has 0 unspecified atom stereocenters. The van der Waals surface area contributed by atoms with Gasteiger partial charge in [-0.3, -0.25) is 9.36 Å². The number of rotatable bonds is 10. The number of imidazole rings is 1. The molecule has 2 aromatic carbocycles. The average Bonchev–Trinajstić information content (AvgIpc) is 3.70. The van der Waals surface area contributed by atoms with Crippen LogP contribution in [0.15, 0.2) is 42.5 Å². The Labute approximate surface area is 247 Å². The second-order valence-corrected chi connectivity index (χ2v) is 12.7. The Bertz CT molecular complexity index is 1590. The second-order valence-electron chi connectivity index (χ2n) is 9.90. The maximum absolute atomic E-state index is 14.2. The third kappa shape index (κ3) is 7.31. The highest BCUT2D eigenvalue weighted by Crippen LogP contribution is 2.44. The fourth-order valence-corrected chi connectivity index (χ4v) is 5.64. The van der Waals surface area contributed by atoms with Crippen molar-refractivity contribution in [3.05, 3.63) is 81.6 Å². The van der Waals surface area contributed by atoms with Crippen molar-refractivity contribution in [3.63, 3.8) is 0 Å². The van der Waals surface area contributed by atoms with Gasteiger partial charge in [-0.15, -0.1) is 0 Å². The number of amides is 1. The molecule has 1 saturated carbocycles. The summed E-state index contributed by atoms with van der Waals surface area (Å²) in [5, 5.41) is 9.52. The van der Waals surface area contributed by atoms with Crippen LogP contribution in [0, 0.1) is 17.1 Å². The van der Waals surface area contributed by atoms with E-state index in [1.54, 1.807) is 35.8 Å². The van der Waals surface area contributed by atoms with E-state index in [-0.39, 0.29) is 37.0 Å². The molecule has 7 nitrogen and oxygen atoms in total. The largest absolute Gasteiger partial charge is 0.419 e. The van der Waals surface area contributed by atoms with Gasteiger partial charge in [0, 0.05) is 23.9 Å². The summed E-state index contributed by atoms with van der Waals surface area (Å²) in [6, 6.07) is 10.0. The quantitative estimate of drug-likeness (QED) is 0.235. The summed E-state index contributed by atoms with van der Waals surface area (Å²) in [5.41, 5.74) is 0.195. The predicted octanol–water partition coefficient (Wildman–Crippen LogP) is 6.64. The molecule has 42 heavy (non-hydrogen) atoms. The van der Waals surface area contributed by atoms with Crippen LogP contribution in [0.2, 0.25) is 5.15 Å². The molecule has 1 aromatic heterocycles. The number of carbonyl (C=O) groups is 1. The van der Waals surface area contributed by atoms with E-state index in [4.69, 9.17) is 16.6 Å². The number of halogens is 5. The van der Waals surface area contributed by atoms with Gasteiger partial charge in [0.15, 0.2) is 9.84 Å². The molecule has 1 heterocycles. The van der Waals surface area contributed by atoms with E-state index >= 15 is 0 Å². The molecule has 1 amide bonds. The smallest absolute Gasteiger partial charge is 0.331 e. The Morgan fingerprint density at radius 2 is 1.86 bits per heavy atom. The number of carbonyl (C=O) groups excluding carboxylic acids is 1. The molecule has 226 valence electrons. The number of benzene rings is 2. The highest BCUT2D eigenvalue weighted by molar-refractivity contribution is 7.91. The van der Waals surface area contributed by atoms with Crippen LogP contribution in [0.4, 0.5) is 17.6 Å². The Morgan fingerprint density at radius 3 is 2.38 bits per heavy atom. The average molecular weight is 627 g/mol. The molecule has 0 aliphatic heterocycles. The Hall–Kier alpha value is -3.43. The number of aromatic nitrogens is 2. The van der Waals surface area contributed by atoms with E-state index in [0.29, 0.717) is 40.1 Å². The molecule has 1 aliphatic rings. The highest BCUT2D eigenvalue weighted by atomic mass is 35.5. The fourth-order valence-electron chi connectivity index (χ4n) is 4.49. The first kappa shape index (κ1) is 33.1. The van der Waals surface area contributed by atoms with Gasteiger partial charge in [0.05, 0.1) is 41.1 Å². The molecule has 13 heteroatoms. The molecule has 0 N–H and O–H groups in total. The second kappa shape index (κ2) is 12.8. The summed E-state index contributed by atoms with van der Waals surface area (Å²) < 4.78 is 79.6. The van der Waals surface area contributed by atoms with E-state index in [1.807, 2.05) is 6.07 Å². The first-order valence-corrected chi connectivity index (χ1v) is 15.1. The van der Waals surface area contributed by atoms with Crippen LogP contribution in [-0.2, 0) is 27.2 Å². The van der Waals surface area contributed by atoms with Crippen molar-refractivity contribution in [3.8, 4) is 11.8 Å². The minimum Gasteiger partial charge on any atom is -0.331 e. The normalized spacial score (nSPS) is 14.1. The summed E-state index contributed by atoms with van der Waals surface area (Å²) in [4.78, 5) is 19.6. The molecule has 3 aromatic rings. The lowest BCUT2D eigenvalue weighted by Crippen LogP contribution is -2.39. The minimum atomic E-state index is -4.89. The van der Waals surface area contributed by atoms with Gasteiger partial charge in [-0.05, 0) is 61.7 Å². The van der Waals surface area contributed by atoms with Crippen molar-refractivity contribution in [2.75, 3.05) is 18.1 Å². The van der Waals surface area contributed by atoms with Gasteiger partial charge in [-0.1, -0.05) is 32.0 Å². The fraction of sp³-hybridized carbons (Fsp3) is 0.414. The van der Waals surface area contributed by atoms with Gasteiger partial charge in [0.25, 0.3) is 0 Å². The van der Waals surface area contributed by atoms with E-state index < -0.39 is 45.8 Å². The molecule has 0 radical (unpaired) electrons. The molecule has 1 atom stereocenters. The zero-order valence-corrected chi connectivity index (χ0v) is 23.8. The lowest BCUT2D eigenvalue weighted by Gasteiger charge is -2.29. The zero-order chi connectivity index (χ0) is 30.1. The van der Waals surface area contributed by atoms with Crippen LogP contribution in [0.1, 0.15) is 74.3 Å². The monoisotopic (exact) mass is 626 g/mol. The molecular weight excluding hydrogens is 596 g/mol. The van der Waals surface area contributed by atoms with Gasteiger partial charge >= 0.3 is 6.18 Å². The van der Waals surface area contributed by atoms with Gasteiger partial charge in [-0.2, -0.15) is 18.4 Å². The van der Waals surface area contributed by atoms with Crippen LogP contribution in [0.5, 0.6) is 0 Å². The first-order chi connectivity index (χ1) is 19.3. The first-order valence-electron chi connectivity index (χ1n) is 12.9. The summed E-state index contributed by atoms with van der Waals surface area (Å²) in [6.45, 7) is 2.91. The zero-order valence-electron chi connectivity index (χ0n) is 22.3. The maximum Gasteiger partial charge on any atom is 0.419 e. The summed E-state index contributed by atoms with van der Waals surface area (Å²) in [6.07, 6.45) is -3.58. The molecule has 1 aliphatic carbocycles. The van der Waals surface area contributed by atoms with E-state index in [2.05, 4.69) is 0 Å². The van der Waals surface area contributed by atoms with E-state index in [9.17, 15) is 36.0 Å². The molecule has 0 bridgehead atoms. The van der Waals surface area contributed by atoms with Gasteiger partial charge in [0.1, 0.15) is 16.8 Å².